The lowest BCUT2D eigenvalue weighted by Gasteiger charge is -2.30. The Bertz CT molecular complexity index is 680. The van der Waals surface area contributed by atoms with E-state index in [9.17, 15) is 0 Å². The molecular weight excluding hydrogens is 312 g/mol. The van der Waals surface area contributed by atoms with Crippen LogP contribution in [-0.4, -0.2) is 50.8 Å². The Morgan fingerprint density at radius 1 is 1.24 bits per heavy atom. The molecule has 0 saturated carbocycles. The molecule has 1 saturated heterocycles. The van der Waals surface area contributed by atoms with Gasteiger partial charge in [0.05, 0.1) is 18.1 Å². The Kier molecular flexibility index (Phi) is 6.02. The summed E-state index contributed by atoms with van der Waals surface area (Å²) >= 11 is 0. The van der Waals surface area contributed by atoms with Gasteiger partial charge >= 0.3 is 0 Å². The summed E-state index contributed by atoms with van der Waals surface area (Å²) in [5.41, 5.74) is 2.06. The number of hydrogen-bond donors (Lipinski definition) is 1. The Balaban J connectivity index is 1.44. The van der Waals surface area contributed by atoms with E-state index < -0.39 is 0 Å². The summed E-state index contributed by atoms with van der Waals surface area (Å²) in [7, 11) is 0. The fourth-order valence-electron chi connectivity index (χ4n) is 3.57. The standard InChI is InChI=1S/C19H30N6/c1-15-7-6-10-24(14-15)9-5-4-8-21-18-12-20-13-19(22-18)25-17(3)11-16(2)23-25/h11-13,15H,4-10,14H2,1-3H3,(H,21,22). The lowest BCUT2D eigenvalue weighted by molar-refractivity contribution is 0.181. The SMILES string of the molecule is Cc1cc(C)n(-c2cncc(NCCCCN3CCCC(C)C3)n2)n1. The summed E-state index contributed by atoms with van der Waals surface area (Å²) in [6, 6.07) is 2.04. The molecule has 0 amide bonds. The summed E-state index contributed by atoms with van der Waals surface area (Å²) in [5, 5.41) is 7.86. The maximum atomic E-state index is 4.63. The van der Waals surface area contributed by atoms with E-state index in [1.165, 1.54) is 38.9 Å². The third-order valence-electron chi connectivity index (χ3n) is 4.80. The van der Waals surface area contributed by atoms with E-state index in [1.54, 1.807) is 12.4 Å². The molecule has 1 aliphatic heterocycles. The molecule has 1 unspecified atom stereocenters. The number of nitrogens with one attached hydrogen (secondary N) is 1. The van der Waals surface area contributed by atoms with Gasteiger partial charge in [0, 0.05) is 18.8 Å². The normalized spacial score (nSPS) is 18.4. The van der Waals surface area contributed by atoms with Gasteiger partial charge in [-0.2, -0.15) is 5.10 Å². The van der Waals surface area contributed by atoms with Crippen LogP contribution in [0.15, 0.2) is 18.5 Å². The van der Waals surface area contributed by atoms with Gasteiger partial charge in [0.1, 0.15) is 5.82 Å². The molecule has 1 aliphatic rings. The first-order chi connectivity index (χ1) is 12.1. The van der Waals surface area contributed by atoms with E-state index in [2.05, 4.69) is 32.2 Å². The van der Waals surface area contributed by atoms with E-state index in [0.717, 1.165) is 41.9 Å². The van der Waals surface area contributed by atoms with E-state index in [1.807, 2.05) is 24.6 Å². The number of piperidine rings is 1. The Labute approximate surface area is 150 Å². The quantitative estimate of drug-likeness (QED) is 0.783. The minimum atomic E-state index is 0.762. The number of unbranched alkanes of at least 4 members (excludes halogenated alkanes) is 1. The van der Waals surface area contributed by atoms with Gasteiger partial charge in [0.15, 0.2) is 5.82 Å². The molecule has 0 aliphatic carbocycles. The van der Waals surface area contributed by atoms with E-state index in [0.29, 0.717) is 0 Å². The van der Waals surface area contributed by atoms with Gasteiger partial charge in [0.25, 0.3) is 0 Å². The first-order valence-corrected chi connectivity index (χ1v) is 9.44. The molecular formula is C19H30N6. The number of aryl methyl sites for hydroxylation is 2. The second-order valence-corrected chi connectivity index (χ2v) is 7.28. The highest BCUT2D eigenvalue weighted by Gasteiger charge is 2.15. The molecule has 1 atom stereocenters. The molecule has 6 nitrogen and oxygen atoms in total. The van der Waals surface area contributed by atoms with Gasteiger partial charge < -0.3 is 10.2 Å². The molecule has 6 heteroatoms. The molecule has 2 aromatic rings. The largest absolute Gasteiger partial charge is 0.369 e. The molecule has 136 valence electrons. The van der Waals surface area contributed by atoms with Gasteiger partial charge in [-0.15, -0.1) is 0 Å². The van der Waals surface area contributed by atoms with Gasteiger partial charge in [-0.05, 0) is 64.6 Å². The first kappa shape index (κ1) is 17.9. The molecule has 2 aromatic heterocycles. The molecule has 0 bridgehead atoms. The third-order valence-corrected chi connectivity index (χ3v) is 4.80. The third kappa shape index (κ3) is 5.01. The highest BCUT2D eigenvalue weighted by atomic mass is 15.3. The minimum absolute atomic E-state index is 0.762. The summed E-state index contributed by atoms with van der Waals surface area (Å²) in [5.74, 6) is 2.44. The molecule has 25 heavy (non-hydrogen) atoms. The summed E-state index contributed by atoms with van der Waals surface area (Å²) in [6.07, 6.45) is 8.65. The Hall–Kier alpha value is -1.95. The van der Waals surface area contributed by atoms with Crippen LogP contribution in [0.4, 0.5) is 5.82 Å². The average Bonchev–Trinajstić information content (AvgIpc) is 2.93. The maximum absolute atomic E-state index is 4.63. The van der Waals surface area contributed by atoms with Crippen LogP contribution in [0.5, 0.6) is 0 Å². The van der Waals surface area contributed by atoms with Crippen molar-refractivity contribution >= 4 is 5.82 Å². The second kappa shape index (κ2) is 8.43. The highest BCUT2D eigenvalue weighted by Crippen LogP contribution is 2.16. The van der Waals surface area contributed by atoms with Crippen molar-refractivity contribution in [1.29, 1.82) is 0 Å². The highest BCUT2D eigenvalue weighted by molar-refractivity contribution is 5.36. The van der Waals surface area contributed by atoms with Crippen molar-refractivity contribution in [3.05, 3.63) is 29.8 Å². The number of nitrogens with zero attached hydrogens (tertiary/aromatic N) is 5. The van der Waals surface area contributed by atoms with Gasteiger partial charge in [0.2, 0.25) is 0 Å². The topological polar surface area (TPSA) is 58.9 Å². The van der Waals surface area contributed by atoms with Crippen LogP contribution in [-0.2, 0) is 0 Å². The molecule has 1 N–H and O–H groups in total. The molecule has 0 aromatic carbocycles. The zero-order valence-electron chi connectivity index (χ0n) is 15.7. The van der Waals surface area contributed by atoms with Gasteiger partial charge in [-0.25, -0.2) is 9.67 Å². The van der Waals surface area contributed by atoms with E-state index >= 15 is 0 Å². The fourth-order valence-corrected chi connectivity index (χ4v) is 3.57. The van der Waals surface area contributed by atoms with Crippen molar-refractivity contribution in [2.24, 2.45) is 5.92 Å². The minimum Gasteiger partial charge on any atom is -0.369 e. The number of hydrogen-bond acceptors (Lipinski definition) is 5. The van der Waals surface area contributed by atoms with Crippen LogP contribution < -0.4 is 5.32 Å². The Morgan fingerprint density at radius 3 is 2.88 bits per heavy atom. The van der Waals surface area contributed by atoms with Crippen LogP contribution >= 0.6 is 0 Å². The molecule has 3 heterocycles. The van der Waals surface area contributed by atoms with Crippen LogP contribution in [0, 0.1) is 19.8 Å². The smallest absolute Gasteiger partial charge is 0.174 e. The van der Waals surface area contributed by atoms with Gasteiger partial charge in [-0.3, -0.25) is 4.98 Å². The molecule has 1 fully saturated rings. The number of rotatable bonds is 7. The van der Waals surface area contributed by atoms with Crippen molar-refractivity contribution in [2.75, 3.05) is 31.5 Å². The molecule has 3 rings (SSSR count). The van der Waals surface area contributed by atoms with Crippen molar-refractivity contribution in [1.82, 2.24) is 24.6 Å². The van der Waals surface area contributed by atoms with E-state index in [-0.39, 0.29) is 0 Å². The maximum Gasteiger partial charge on any atom is 0.174 e. The predicted molar refractivity (Wildman–Crippen MR) is 101 cm³/mol. The van der Waals surface area contributed by atoms with Gasteiger partial charge in [-0.1, -0.05) is 6.92 Å². The zero-order chi connectivity index (χ0) is 17.6. The number of likely N-dealkylation sites (tertiary alicyclic amines) is 1. The van der Waals surface area contributed by atoms with Crippen LogP contribution in [0.3, 0.4) is 0 Å². The molecule has 0 spiro atoms. The summed E-state index contributed by atoms with van der Waals surface area (Å²) in [4.78, 5) is 11.5. The summed E-state index contributed by atoms with van der Waals surface area (Å²) < 4.78 is 1.84. The van der Waals surface area contributed by atoms with Crippen molar-refractivity contribution in [2.45, 2.75) is 46.5 Å². The lowest BCUT2D eigenvalue weighted by atomic mass is 10.0. The van der Waals surface area contributed by atoms with Crippen molar-refractivity contribution in [3.8, 4) is 5.82 Å². The van der Waals surface area contributed by atoms with Crippen LogP contribution in [0.2, 0.25) is 0 Å². The number of anilines is 1. The lowest BCUT2D eigenvalue weighted by Crippen LogP contribution is -2.35. The Morgan fingerprint density at radius 2 is 2.12 bits per heavy atom. The van der Waals surface area contributed by atoms with Crippen molar-refractivity contribution in [3.63, 3.8) is 0 Å². The summed E-state index contributed by atoms with van der Waals surface area (Å²) in [6.45, 7) is 11.1. The van der Waals surface area contributed by atoms with Crippen LogP contribution in [0.1, 0.15) is 44.0 Å². The fraction of sp³-hybridized carbons (Fsp3) is 0.632. The monoisotopic (exact) mass is 342 g/mol. The average molecular weight is 342 g/mol. The second-order valence-electron chi connectivity index (χ2n) is 7.28. The van der Waals surface area contributed by atoms with Crippen LogP contribution in [0.25, 0.3) is 5.82 Å². The number of aromatic nitrogens is 4. The zero-order valence-corrected chi connectivity index (χ0v) is 15.7. The van der Waals surface area contributed by atoms with E-state index in [4.69, 9.17) is 0 Å². The first-order valence-electron chi connectivity index (χ1n) is 9.44. The molecule has 0 radical (unpaired) electrons. The van der Waals surface area contributed by atoms with Crippen molar-refractivity contribution < 1.29 is 0 Å². The predicted octanol–water partition coefficient (Wildman–Crippen LogP) is 3.20.